The molecule has 2 aromatic rings. The van der Waals surface area contributed by atoms with Gasteiger partial charge in [-0.3, -0.25) is 0 Å². The maximum absolute atomic E-state index is 5.63. The number of anilines is 1. The third-order valence-corrected chi connectivity index (χ3v) is 3.75. The lowest BCUT2D eigenvalue weighted by atomic mass is 9.96. The number of benzene rings is 1. The van der Waals surface area contributed by atoms with Crippen LogP contribution in [0.1, 0.15) is 39.4 Å². The average Bonchev–Trinajstić information content (AvgIpc) is 3.04. The second-order valence-electron chi connectivity index (χ2n) is 6.58. The van der Waals surface area contributed by atoms with Crippen molar-refractivity contribution in [2.24, 2.45) is 0 Å². The third kappa shape index (κ3) is 2.80. The quantitative estimate of drug-likeness (QED) is 0.900. The summed E-state index contributed by atoms with van der Waals surface area (Å²) in [6, 6.07) is 6.29. The van der Waals surface area contributed by atoms with Gasteiger partial charge in [-0.15, -0.1) is 0 Å². The summed E-state index contributed by atoms with van der Waals surface area (Å²) in [4.78, 5) is 8.08. The van der Waals surface area contributed by atoms with Gasteiger partial charge in [-0.2, -0.15) is 0 Å². The van der Waals surface area contributed by atoms with Crippen molar-refractivity contribution in [2.45, 2.75) is 45.1 Å². The molecule has 4 heteroatoms. The molecule has 0 saturated carbocycles. The Hall–Kier alpha value is -1.55. The Morgan fingerprint density at radius 3 is 2.95 bits per heavy atom. The van der Waals surface area contributed by atoms with Crippen LogP contribution >= 0.6 is 0 Å². The summed E-state index contributed by atoms with van der Waals surface area (Å²) in [6.07, 6.45) is 2.70. The highest BCUT2D eigenvalue weighted by Crippen LogP contribution is 2.24. The number of imidazole rings is 1. The molecule has 0 bridgehead atoms. The molecule has 2 N–H and O–H groups in total. The van der Waals surface area contributed by atoms with Crippen LogP contribution in [0, 0.1) is 0 Å². The number of hydrogen-bond acceptors (Lipinski definition) is 3. The molecule has 0 amide bonds. The van der Waals surface area contributed by atoms with Crippen molar-refractivity contribution in [2.75, 3.05) is 18.5 Å². The molecule has 1 aromatic carbocycles. The zero-order valence-electron chi connectivity index (χ0n) is 12.5. The van der Waals surface area contributed by atoms with E-state index in [1.165, 1.54) is 6.42 Å². The Kier molecular flexibility index (Phi) is 3.42. The van der Waals surface area contributed by atoms with E-state index < -0.39 is 0 Å². The molecule has 1 aromatic heterocycles. The fourth-order valence-corrected chi connectivity index (χ4v) is 2.51. The predicted molar refractivity (Wildman–Crippen MR) is 82.3 cm³/mol. The predicted octanol–water partition coefficient (Wildman–Crippen LogP) is 3.45. The summed E-state index contributed by atoms with van der Waals surface area (Å²) in [6.45, 7) is 8.29. The molecule has 0 aliphatic carbocycles. The maximum Gasteiger partial charge on any atom is 0.112 e. The first-order chi connectivity index (χ1) is 9.52. The van der Waals surface area contributed by atoms with Gasteiger partial charge in [0.25, 0.3) is 0 Å². The number of H-pyrrole nitrogens is 1. The van der Waals surface area contributed by atoms with Crippen molar-refractivity contribution in [3.8, 4) is 0 Å². The Morgan fingerprint density at radius 1 is 1.40 bits per heavy atom. The molecule has 1 aliphatic rings. The van der Waals surface area contributed by atoms with Crippen molar-refractivity contribution in [3.63, 3.8) is 0 Å². The average molecular weight is 273 g/mol. The normalized spacial score (nSPS) is 19.6. The molecule has 1 aliphatic heterocycles. The molecule has 0 spiro atoms. The number of aromatic nitrogens is 2. The highest BCUT2D eigenvalue weighted by molar-refractivity contribution is 5.79. The Morgan fingerprint density at radius 2 is 2.25 bits per heavy atom. The van der Waals surface area contributed by atoms with Gasteiger partial charge in [-0.05, 0) is 31.0 Å². The van der Waals surface area contributed by atoms with E-state index in [0.29, 0.717) is 6.10 Å². The van der Waals surface area contributed by atoms with Crippen LogP contribution < -0.4 is 5.32 Å². The number of ether oxygens (including phenoxy) is 1. The van der Waals surface area contributed by atoms with E-state index in [9.17, 15) is 0 Å². The number of fused-ring (bicyclic) bond motifs is 1. The van der Waals surface area contributed by atoms with Gasteiger partial charge in [0, 0.05) is 24.3 Å². The molecular formula is C16H23N3O. The van der Waals surface area contributed by atoms with Gasteiger partial charge < -0.3 is 15.0 Å². The second-order valence-corrected chi connectivity index (χ2v) is 6.58. The van der Waals surface area contributed by atoms with E-state index in [2.05, 4.69) is 54.3 Å². The fraction of sp³-hybridized carbons (Fsp3) is 0.562. The molecule has 4 nitrogen and oxygen atoms in total. The van der Waals surface area contributed by atoms with Crippen LogP contribution in [0.4, 0.5) is 5.69 Å². The number of nitrogens with zero attached hydrogens (tertiary/aromatic N) is 1. The molecule has 2 heterocycles. The van der Waals surface area contributed by atoms with Crippen molar-refractivity contribution in [3.05, 3.63) is 24.0 Å². The Balaban J connectivity index is 1.76. The van der Waals surface area contributed by atoms with Gasteiger partial charge in [-0.25, -0.2) is 4.98 Å². The van der Waals surface area contributed by atoms with Crippen LogP contribution in [0.5, 0.6) is 0 Å². The summed E-state index contributed by atoms with van der Waals surface area (Å²) >= 11 is 0. The smallest absolute Gasteiger partial charge is 0.112 e. The first kappa shape index (κ1) is 13.4. The van der Waals surface area contributed by atoms with E-state index in [-0.39, 0.29) is 5.41 Å². The summed E-state index contributed by atoms with van der Waals surface area (Å²) in [5.74, 6) is 1.03. The zero-order valence-corrected chi connectivity index (χ0v) is 12.5. The number of hydrogen-bond donors (Lipinski definition) is 2. The van der Waals surface area contributed by atoms with E-state index >= 15 is 0 Å². The number of rotatable bonds is 3. The Labute approximate surface area is 119 Å². The van der Waals surface area contributed by atoms with Gasteiger partial charge in [0.15, 0.2) is 0 Å². The van der Waals surface area contributed by atoms with Crippen molar-refractivity contribution in [1.82, 2.24) is 9.97 Å². The monoisotopic (exact) mass is 273 g/mol. The van der Waals surface area contributed by atoms with Crippen molar-refractivity contribution in [1.29, 1.82) is 0 Å². The molecule has 0 radical (unpaired) electrons. The molecular weight excluding hydrogens is 250 g/mol. The summed E-state index contributed by atoms with van der Waals surface area (Å²) in [5.41, 5.74) is 3.28. The Bertz CT molecular complexity index is 591. The lowest BCUT2D eigenvalue weighted by molar-refractivity contribution is 0.120. The molecule has 108 valence electrons. The first-order valence-corrected chi connectivity index (χ1v) is 7.38. The summed E-state index contributed by atoms with van der Waals surface area (Å²) in [5, 5.41) is 3.45. The highest BCUT2D eigenvalue weighted by atomic mass is 16.5. The minimum absolute atomic E-state index is 0.0459. The highest BCUT2D eigenvalue weighted by Gasteiger charge is 2.18. The first-order valence-electron chi connectivity index (χ1n) is 7.38. The van der Waals surface area contributed by atoms with Crippen molar-refractivity contribution >= 4 is 16.7 Å². The van der Waals surface area contributed by atoms with E-state index in [4.69, 9.17) is 4.74 Å². The van der Waals surface area contributed by atoms with E-state index in [1.54, 1.807) is 0 Å². The SMILES string of the molecule is CC(C)(C)c1nc2ccc(NCC3CCCO3)cc2[nH]1. The largest absolute Gasteiger partial charge is 0.382 e. The molecule has 1 atom stereocenters. The van der Waals surface area contributed by atoms with E-state index in [0.717, 1.165) is 42.1 Å². The molecule has 3 rings (SSSR count). The standard InChI is InChI=1S/C16H23N3O/c1-16(2,3)15-18-13-7-6-11(9-14(13)19-15)17-10-12-5-4-8-20-12/h6-7,9,12,17H,4-5,8,10H2,1-3H3,(H,18,19). The minimum atomic E-state index is 0.0459. The second kappa shape index (κ2) is 5.09. The maximum atomic E-state index is 5.63. The van der Waals surface area contributed by atoms with E-state index in [1.807, 2.05) is 0 Å². The van der Waals surface area contributed by atoms with Crippen LogP contribution in [-0.4, -0.2) is 29.2 Å². The van der Waals surface area contributed by atoms with Crippen LogP contribution in [0.15, 0.2) is 18.2 Å². The minimum Gasteiger partial charge on any atom is -0.382 e. The summed E-state index contributed by atoms with van der Waals surface area (Å²) in [7, 11) is 0. The van der Waals surface area contributed by atoms with Crippen molar-refractivity contribution < 1.29 is 4.74 Å². The van der Waals surface area contributed by atoms with Gasteiger partial charge in [0.05, 0.1) is 17.1 Å². The van der Waals surface area contributed by atoms with Crippen LogP contribution in [-0.2, 0) is 10.2 Å². The molecule has 1 unspecified atom stereocenters. The third-order valence-electron chi connectivity index (χ3n) is 3.75. The summed E-state index contributed by atoms with van der Waals surface area (Å²) < 4.78 is 5.63. The number of nitrogens with one attached hydrogen (secondary N) is 2. The van der Waals surface area contributed by atoms with Crippen LogP contribution in [0.2, 0.25) is 0 Å². The fourth-order valence-electron chi connectivity index (χ4n) is 2.51. The van der Waals surface area contributed by atoms with Crippen LogP contribution in [0.3, 0.4) is 0 Å². The van der Waals surface area contributed by atoms with Crippen LogP contribution in [0.25, 0.3) is 11.0 Å². The lowest BCUT2D eigenvalue weighted by Crippen LogP contribution is -2.18. The van der Waals surface area contributed by atoms with Gasteiger partial charge in [0.1, 0.15) is 5.82 Å². The van der Waals surface area contributed by atoms with Gasteiger partial charge in [-0.1, -0.05) is 20.8 Å². The topological polar surface area (TPSA) is 49.9 Å². The molecule has 20 heavy (non-hydrogen) atoms. The molecule has 1 fully saturated rings. The lowest BCUT2D eigenvalue weighted by Gasteiger charge is -2.13. The van der Waals surface area contributed by atoms with Gasteiger partial charge in [0.2, 0.25) is 0 Å². The number of aromatic amines is 1. The zero-order chi connectivity index (χ0) is 14.2. The molecule has 1 saturated heterocycles. The van der Waals surface area contributed by atoms with Gasteiger partial charge >= 0.3 is 0 Å².